The minimum atomic E-state index is -0.118. The van der Waals surface area contributed by atoms with Crippen LogP contribution in [-0.4, -0.2) is 22.0 Å². The van der Waals surface area contributed by atoms with Crippen LogP contribution >= 0.6 is 0 Å². The molecule has 0 aliphatic heterocycles. The van der Waals surface area contributed by atoms with E-state index in [2.05, 4.69) is 16.4 Å². The van der Waals surface area contributed by atoms with Crippen LogP contribution in [0.3, 0.4) is 0 Å². The molecule has 0 aliphatic carbocycles. The van der Waals surface area contributed by atoms with Gasteiger partial charge < -0.3 is 15.6 Å². The molecule has 1 aromatic heterocycles. The number of imidazole rings is 1. The van der Waals surface area contributed by atoms with Crippen LogP contribution in [-0.2, 0) is 11.3 Å². The third-order valence-electron chi connectivity index (χ3n) is 2.92. The summed E-state index contributed by atoms with van der Waals surface area (Å²) >= 11 is 0. The van der Waals surface area contributed by atoms with Crippen molar-refractivity contribution in [3.05, 3.63) is 23.8 Å². The number of nitrogen functional groups attached to an aromatic ring is 1. The van der Waals surface area contributed by atoms with Crippen LogP contribution in [0.4, 0.5) is 5.95 Å². The van der Waals surface area contributed by atoms with E-state index in [0.717, 1.165) is 0 Å². The summed E-state index contributed by atoms with van der Waals surface area (Å²) in [7, 11) is 0. The second kappa shape index (κ2) is 5.61. The van der Waals surface area contributed by atoms with Gasteiger partial charge in [-0.05, 0) is 24.1 Å². The smallest absolute Gasteiger partial charge is 0.240 e. The van der Waals surface area contributed by atoms with Crippen molar-refractivity contribution in [1.29, 1.82) is 5.26 Å². The molecular formula is C14H17N5O. The zero-order valence-electron chi connectivity index (χ0n) is 11.6. The lowest BCUT2D eigenvalue weighted by atomic mass is 10.2. The van der Waals surface area contributed by atoms with Gasteiger partial charge in [-0.2, -0.15) is 5.26 Å². The molecule has 0 aliphatic rings. The molecule has 0 spiro atoms. The maximum atomic E-state index is 11.9. The Kier molecular flexibility index (Phi) is 3.89. The van der Waals surface area contributed by atoms with Crippen molar-refractivity contribution in [2.75, 3.05) is 12.3 Å². The van der Waals surface area contributed by atoms with Crippen molar-refractivity contribution in [1.82, 2.24) is 14.9 Å². The molecule has 1 aromatic carbocycles. The van der Waals surface area contributed by atoms with Crippen molar-refractivity contribution in [3.63, 3.8) is 0 Å². The first-order valence-corrected chi connectivity index (χ1v) is 6.44. The standard InChI is InChI=1S/C14H17N5O/c1-9(2)7-17-13(20)8-19-12-5-10(6-15)3-4-11(12)18-14(19)16/h3-5,9H,7-8H2,1-2H3,(H2,16,18)(H,17,20). The van der Waals surface area contributed by atoms with Gasteiger partial charge in [-0.3, -0.25) is 4.79 Å². The van der Waals surface area contributed by atoms with E-state index in [1.165, 1.54) is 0 Å². The van der Waals surface area contributed by atoms with Crippen LogP contribution in [0, 0.1) is 17.2 Å². The number of nitrogens with one attached hydrogen (secondary N) is 1. The third-order valence-corrected chi connectivity index (χ3v) is 2.92. The van der Waals surface area contributed by atoms with Gasteiger partial charge in [0.1, 0.15) is 6.54 Å². The van der Waals surface area contributed by atoms with Crippen molar-refractivity contribution in [2.45, 2.75) is 20.4 Å². The number of carbonyl (C=O) groups excluding carboxylic acids is 1. The molecule has 2 rings (SSSR count). The van der Waals surface area contributed by atoms with Gasteiger partial charge in [0, 0.05) is 6.54 Å². The van der Waals surface area contributed by atoms with Gasteiger partial charge in [0.15, 0.2) is 0 Å². The van der Waals surface area contributed by atoms with Crippen LogP contribution in [0.1, 0.15) is 19.4 Å². The van der Waals surface area contributed by atoms with E-state index in [9.17, 15) is 4.79 Å². The molecule has 0 bridgehead atoms. The number of benzene rings is 1. The summed E-state index contributed by atoms with van der Waals surface area (Å²) in [5.41, 5.74) is 7.73. The highest BCUT2D eigenvalue weighted by atomic mass is 16.1. The Hall–Kier alpha value is -2.55. The van der Waals surface area contributed by atoms with E-state index in [1.807, 2.05) is 13.8 Å². The van der Waals surface area contributed by atoms with Crippen LogP contribution in [0.5, 0.6) is 0 Å². The normalized spacial score (nSPS) is 10.7. The van der Waals surface area contributed by atoms with Gasteiger partial charge in [-0.25, -0.2) is 4.98 Å². The van der Waals surface area contributed by atoms with Crippen LogP contribution in [0.2, 0.25) is 0 Å². The highest BCUT2D eigenvalue weighted by molar-refractivity contribution is 5.83. The Morgan fingerprint density at radius 1 is 1.55 bits per heavy atom. The molecule has 0 saturated carbocycles. The maximum Gasteiger partial charge on any atom is 0.240 e. The minimum absolute atomic E-state index is 0.101. The largest absolute Gasteiger partial charge is 0.369 e. The van der Waals surface area contributed by atoms with Crippen LogP contribution in [0.25, 0.3) is 11.0 Å². The van der Waals surface area contributed by atoms with Crippen LogP contribution < -0.4 is 11.1 Å². The number of aromatic nitrogens is 2. The van der Waals surface area contributed by atoms with Gasteiger partial charge in [0.2, 0.25) is 11.9 Å². The second-order valence-corrected chi connectivity index (χ2v) is 5.07. The quantitative estimate of drug-likeness (QED) is 0.874. The van der Waals surface area contributed by atoms with E-state index in [0.29, 0.717) is 29.1 Å². The summed E-state index contributed by atoms with van der Waals surface area (Å²) in [4.78, 5) is 16.1. The zero-order valence-corrected chi connectivity index (χ0v) is 11.6. The number of fused-ring (bicyclic) bond motifs is 1. The third kappa shape index (κ3) is 2.88. The maximum absolute atomic E-state index is 11.9. The van der Waals surface area contributed by atoms with E-state index < -0.39 is 0 Å². The van der Waals surface area contributed by atoms with Gasteiger partial charge in [0.25, 0.3) is 0 Å². The zero-order chi connectivity index (χ0) is 14.7. The average Bonchev–Trinajstić information content (AvgIpc) is 2.72. The predicted octanol–water partition coefficient (Wildman–Crippen LogP) is 1.26. The fraction of sp³-hybridized carbons (Fsp3) is 0.357. The molecule has 2 aromatic rings. The molecule has 0 atom stereocenters. The lowest BCUT2D eigenvalue weighted by Gasteiger charge is -2.09. The monoisotopic (exact) mass is 271 g/mol. The van der Waals surface area contributed by atoms with E-state index in [1.54, 1.807) is 22.8 Å². The summed E-state index contributed by atoms with van der Waals surface area (Å²) < 4.78 is 1.62. The summed E-state index contributed by atoms with van der Waals surface area (Å²) in [6.45, 7) is 4.78. The van der Waals surface area contributed by atoms with Gasteiger partial charge in [0.05, 0.1) is 22.7 Å². The fourth-order valence-corrected chi connectivity index (χ4v) is 1.89. The van der Waals surface area contributed by atoms with Crippen molar-refractivity contribution >= 4 is 22.9 Å². The highest BCUT2D eigenvalue weighted by Crippen LogP contribution is 2.19. The first-order chi connectivity index (χ1) is 9.51. The lowest BCUT2D eigenvalue weighted by molar-refractivity contribution is -0.121. The number of nitriles is 1. The Morgan fingerprint density at radius 2 is 2.30 bits per heavy atom. The lowest BCUT2D eigenvalue weighted by Crippen LogP contribution is -2.30. The number of nitrogens with zero attached hydrogens (tertiary/aromatic N) is 3. The number of rotatable bonds is 4. The Balaban J connectivity index is 2.27. The van der Waals surface area contributed by atoms with Gasteiger partial charge in [-0.1, -0.05) is 13.8 Å². The van der Waals surface area contributed by atoms with Crippen molar-refractivity contribution in [2.24, 2.45) is 5.92 Å². The molecule has 0 saturated heterocycles. The molecule has 6 heteroatoms. The molecule has 0 radical (unpaired) electrons. The molecular weight excluding hydrogens is 254 g/mol. The van der Waals surface area contributed by atoms with Gasteiger partial charge >= 0.3 is 0 Å². The molecule has 3 N–H and O–H groups in total. The number of hydrogen-bond acceptors (Lipinski definition) is 4. The molecule has 104 valence electrons. The number of carbonyl (C=O) groups is 1. The SMILES string of the molecule is CC(C)CNC(=O)Cn1c(N)nc2ccc(C#N)cc21. The van der Waals surface area contributed by atoms with E-state index >= 15 is 0 Å². The number of anilines is 1. The number of hydrogen-bond donors (Lipinski definition) is 2. The summed E-state index contributed by atoms with van der Waals surface area (Å²) in [6, 6.07) is 7.16. The second-order valence-electron chi connectivity index (χ2n) is 5.07. The summed E-state index contributed by atoms with van der Waals surface area (Å²) in [5, 5.41) is 11.8. The summed E-state index contributed by atoms with van der Waals surface area (Å²) in [6.07, 6.45) is 0. The number of nitrogens with two attached hydrogens (primary N) is 1. The Bertz CT molecular complexity index is 681. The van der Waals surface area contributed by atoms with Crippen molar-refractivity contribution in [3.8, 4) is 6.07 Å². The average molecular weight is 271 g/mol. The molecule has 1 heterocycles. The Morgan fingerprint density at radius 3 is 2.95 bits per heavy atom. The highest BCUT2D eigenvalue weighted by Gasteiger charge is 2.12. The molecule has 0 unspecified atom stereocenters. The van der Waals surface area contributed by atoms with E-state index in [4.69, 9.17) is 11.0 Å². The number of amides is 1. The first-order valence-electron chi connectivity index (χ1n) is 6.44. The first kappa shape index (κ1) is 13.9. The van der Waals surface area contributed by atoms with E-state index in [-0.39, 0.29) is 18.4 Å². The topological polar surface area (TPSA) is 96.7 Å². The van der Waals surface area contributed by atoms with Crippen molar-refractivity contribution < 1.29 is 4.79 Å². The van der Waals surface area contributed by atoms with Crippen LogP contribution in [0.15, 0.2) is 18.2 Å². The molecule has 6 nitrogen and oxygen atoms in total. The predicted molar refractivity (Wildman–Crippen MR) is 76.7 cm³/mol. The Labute approximate surface area is 117 Å². The summed E-state index contributed by atoms with van der Waals surface area (Å²) in [5.74, 6) is 0.544. The molecule has 0 fully saturated rings. The molecule has 1 amide bonds. The van der Waals surface area contributed by atoms with Gasteiger partial charge in [-0.15, -0.1) is 0 Å². The molecule has 20 heavy (non-hydrogen) atoms. The minimum Gasteiger partial charge on any atom is -0.369 e. The fourth-order valence-electron chi connectivity index (χ4n) is 1.89.